The molecule has 1 saturated heterocycles. The van der Waals surface area contributed by atoms with Crippen LogP contribution in [0.25, 0.3) is 6.08 Å². The molecule has 1 fully saturated rings. The molecule has 2 aromatic rings. The van der Waals surface area contributed by atoms with Crippen LogP contribution in [0.15, 0.2) is 70.5 Å². The summed E-state index contributed by atoms with van der Waals surface area (Å²) in [5.74, 6) is 0. The smallest absolute Gasteiger partial charge is 0.191 e. The predicted octanol–water partition coefficient (Wildman–Crippen LogP) is 5.04. The molecule has 0 unspecified atom stereocenters. The number of thiocarbonyl (C=S) groups is 1. The first-order valence-corrected chi connectivity index (χ1v) is 11.5. The normalized spacial score (nSPS) is 17.9. The number of nitrogens with one attached hydrogen (secondary N) is 2. The first kappa shape index (κ1) is 22.2. The Kier molecular flexibility index (Phi) is 7.35. The summed E-state index contributed by atoms with van der Waals surface area (Å²) in [5.41, 5.74) is 11.5. The van der Waals surface area contributed by atoms with E-state index in [-0.39, 0.29) is 0 Å². The highest BCUT2D eigenvalue weighted by Crippen LogP contribution is 2.34. The highest BCUT2D eigenvalue weighted by Gasteiger charge is 2.25. The minimum atomic E-state index is 0.486. The summed E-state index contributed by atoms with van der Waals surface area (Å²) in [4.78, 5) is 2.43. The van der Waals surface area contributed by atoms with Gasteiger partial charge in [0, 0.05) is 24.5 Å². The van der Waals surface area contributed by atoms with E-state index >= 15 is 0 Å². The summed E-state index contributed by atoms with van der Waals surface area (Å²) in [6.07, 6.45) is 6.19. The third kappa shape index (κ3) is 5.64. The van der Waals surface area contributed by atoms with Crippen LogP contribution < -0.4 is 10.7 Å². The van der Waals surface area contributed by atoms with Crippen LogP contribution in [-0.4, -0.2) is 42.5 Å². The van der Waals surface area contributed by atoms with E-state index in [0.29, 0.717) is 5.11 Å². The van der Waals surface area contributed by atoms with Crippen LogP contribution in [0.2, 0.25) is 0 Å². The van der Waals surface area contributed by atoms with E-state index in [2.05, 4.69) is 77.1 Å². The molecule has 1 aliphatic heterocycles. The number of ether oxygens (including phenoxy) is 1. The summed E-state index contributed by atoms with van der Waals surface area (Å²) in [6, 6.07) is 16.7. The summed E-state index contributed by atoms with van der Waals surface area (Å²) in [5, 5.41) is 8.18. The van der Waals surface area contributed by atoms with E-state index in [1.54, 1.807) is 0 Å². The van der Waals surface area contributed by atoms with E-state index < -0.39 is 0 Å². The van der Waals surface area contributed by atoms with Gasteiger partial charge in [0.05, 0.1) is 19.4 Å². The lowest BCUT2D eigenvalue weighted by Crippen LogP contribution is -2.36. The van der Waals surface area contributed by atoms with Gasteiger partial charge in [-0.3, -0.25) is 5.43 Å². The maximum absolute atomic E-state index is 5.58. The minimum absolute atomic E-state index is 0.486. The van der Waals surface area contributed by atoms with Crippen molar-refractivity contribution in [2.24, 2.45) is 5.10 Å². The van der Waals surface area contributed by atoms with Gasteiger partial charge in [-0.15, -0.1) is 0 Å². The fourth-order valence-electron chi connectivity index (χ4n) is 4.20. The van der Waals surface area contributed by atoms with Crippen molar-refractivity contribution >= 4 is 35.3 Å². The van der Waals surface area contributed by atoms with E-state index in [1.165, 1.54) is 28.0 Å². The number of hydrogen-bond donors (Lipinski definition) is 2. The van der Waals surface area contributed by atoms with E-state index in [4.69, 9.17) is 17.0 Å². The van der Waals surface area contributed by atoms with Gasteiger partial charge in [-0.25, -0.2) is 0 Å². The predicted molar refractivity (Wildman–Crippen MR) is 137 cm³/mol. The van der Waals surface area contributed by atoms with Gasteiger partial charge in [0.15, 0.2) is 5.11 Å². The third-order valence-electron chi connectivity index (χ3n) is 5.76. The quantitative estimate of drug-likeness (QED) is 0.383. The van der Waals surface area contributed by atoms with Gasteiger partial charge in [-0.2, -0.15) is 5.10 Å². The maximum Gasteiger partial charge on any atom is 0.191 e. The zero-order chi connectivity index (χ0) is 22.3. The van der Waals surface area contributed by atoms with Crippen molar-refractivity contribution in [2.75, 3.05) is 31.6 Å². The van der Waals surface area contributed by atoms with Gasteiger partial charge in [-0.05, 0) is 73.3 Å². The molecule has 0 bridgehead atoms. The lowest BCUT2D eigenvalue weighted by Gasteiger charge is -2.31. The molecule has 1 aliphatic carbocycles. The lowest BCUT2D eigenvalue weighted by molar-refractivity contribution is 0.0548. The van der Waals surface area contributed by atoms with E-state index in [9.17, 15) is 0 Å². The summed E-state index contributed by atoms with van der Waals surface area (Å²) in [6.45, 7) is 7.47. The summed E-state index contributed by atoms with van der Waals surface area (Å²) < 4.78 is 5.58. The molecule has 0 atom stereocenters. The fourth-order valence-corrected chi connectivity index (χ4v) is 4.36. The van der Waals surface area contributed by atoms with Gasteiger partial charge in [0.2, 0.25) is 0 Å². The van der Waals surface area contributed by atoms with Crippen LogP contribution in [0.3, 0.4) is 0 Å². The second-order valence-electron chi connectivity index (χ2n) is 8.20. The molecule has 32 heavy (non-hydrogen) atoms. The molecular formula is C26H30N4OS. The van der Waals surface area contributed by atoms with Gasteiger partial charge < -0.3 is 15.0 Å². The van der Waals surface area contributed by atoms with Crippen LogP contribution in [-0.2, 0) is 4.74 Å². The number of hydrogen-bond acceptors (Lipinski definition) is 4. The Morgan fingerprint density at radius 2 is 1.84 bits per heavy atom. The molecule has 2 aliphatic rings. The summed E-state index contributed by atoms with van der Waals surface area (Å²) >= 11 is 5.44. The van der Waals surface area contributed by atoms with Crippen molar-refractivity contribution < 1.29 is 4.74 Å². The average Bonchev–Trinajstić information content (AvgIpc) is 3.19. The Hall–Kier alpha value is -2.96. The topological polar surface area (TPSA) is 48.9 Å². The highest BCUT2D eigenvalue weighted by atomic mass is 32.1. The van der Waals surface area contributed by atoms with Gasteiger partial charge in [0.1, 0.15) is 0 Å². The van der Waals surface area contributed by atoms with Crippen LogP contribution in [0.4, 0.5) is 5.69 Å². The molecule has 166 valence electrons. The van der Waals surface area contributed by atoms with E-state index in [1.807, 2.05) is 18.3 Å². The third-order valence-corrected chi connectivity index (χ3v) is 5.95. The number of morpholine rings is 1. The lowest BCUT2D eigenvalue weighted by atomic mass is 10.1. The second-order valence-corrected chi connectivity index (χ2v) is 8.60. The van der Waals surface area contributed by atoms with Gasteiger partial charge in [0.25, 0.3) is 0 Å². The first-order valence-electron chi connectivity index (χ1n) is 11.1. The molecule has 0 aromatic heterocycles. The van der Waals surface area contributed by atoms with Crippen LogP contribution in [0.5, 0.6) is 0 Å². The molecule has 6 heteroatoms. The number of hydrazone groups is 1. The van der Waals surface area contributed by atoms with Gasteiger partial charge >= 0.3 is 0 Å². The average molecular weight is 447 g/mol. The first-order chi connectivity index (χ1) is 15.6. The molecule has 4 rings (SSSR count). The van der Waals surface area contributed by atoms with Crippen molar-refractivity contribution in [3.8, 4) is 0 Å². The molecule has 0 spiro atoms. The largest absolute Gasteiger partial charge is 0.378 e. The van der Waals surface area contributed by atoms with Crippen molar-refractivity contribution in [1.29, 1.82) is 0 Å². The fraction of sp³-hybridized carbons (Fsp3) is 0.308. The molecule has 2 aromatic carbocycles. The number of rotatable bonds is 5. The zero-order valence-electron chi connectivity index (χ0n) is 18.7. The Bertz CT molecular complexity index is 1050. The molecular weight excluding hydrogens is 416 g/mol. The number of allylic oxidation sites excluding steroid dienone is 2. The number of anilines is 1. The number of nitrogens with zero attached hydrogens (tertiary/aromatic N) is 2. The SMILES string of the molecule is Cc1ccc(NC(=S)NN=CC2=C(N3CCOCC3)C(=Cc3ccccc3)CC2)c(C)c1. The van der Waals surface area contributed by atoms with Crippen molar-refractivity contribution in [3.05, 3.63) is 82.1 Å². The number of aryl methyl sites for hydroxylation is 2. The molecule has 0 saturated carbocycles. The minimum Gasteiger partial charge on any atom is -0.378 e. The summed E-state index contributed by atoms with van der Waals surface area (Å²) in [7, 11) is 0. The van der Waals surface area contributed by atoms with Crippen LogP contribution in [0, 0.1) is 13.8 Å². The van der Waals surface area contributed by atoms with E-state index in [0.717, 1.165) is 50.4 Å². The Morgan fingerprint density at radius 1 is 1.06 bits per heavy atom. The Labute approximate surface area is 195 Å². The zero-order valence-corrected chi connectivity index (χ0v) is 19.5. The number of benzene rings is 2. The highest BCUT2D eigenvalue weighted by molar-refractivity contribution is 7.80. The van der Waals surface area contributed by atoms with Gasteiger partial charge in [-0.1, -0.05) is 48.0 Å². The van der Waals surface area contributed by atoms with Crippen LogP contribution in [0.1, 0.15) is 29.5 Å². The molecule has 5 nitrogen and oxygen atoms in total. The Morgan fingerprint density at radius 3 is 2.59 bits per heavy atom. The monoisotopic (exact) mass is 446 g/mol. The van der Waals surface area contributed by atoms with Crippen molar-refractivity contribution in [2.45, 2.75) is 26.7 Å². The van der Waals surface area contributed by atoms with Crippen molar-refractivity contribution in [3.63, 3.8) is 0 Å². The molecule has 2 N–H and O–H groups in total. The maximum atomic E-state index is 5.58. The molecule has 0 amide bonds. The molecule has 1 heterocycles. The van der Waals surface area contributed by atoms with Crippen LogP contribution >= 0.6 is 12.2 Å². The second kappa shape index (κ2) is 10.6. The Balaban J connectivity index is 1.50. The molecule has 0 radical (unpaired) electrons. The standard InChI is InChI=1S/C26H30N4OS/c1-19-8-11-24(20(2)16-19)28-26(32)29-27-18-23-10-9-22(17-21-6-4-3-5-7-21)25(23)30-12-14-31-15-13-30/h3-8,11,16-18H,9-10,12-15H2,1-2H3,(H2,28,29,32). The van der Waals surface area contributed by atoms with Crippen molar-refractivity contribution in [1.82, 2.24) is 10.3 Å².